The fourth-order valence-electron chi connectivity index (χ4n) is 6.90. The van der Waals surface area contributed by atoms with Crippen LogP contribution in [0.2, 0.25) is 0 Å². The van der Waals surface area contributed by atoms with Crippen LogP contribution in [0, 0.1) is 11.8 Å². The molecule has 1 aromatic rings. The zero-order valence-corrected chi connectivity index (χ0v) is 39.5. The molecule has 1 aliphatic heterocycles. The summed E-state index contributed by atoms with van der Waals surface area (Å²) in [7, 11) is 0. The molecule has 25 heteroatoms. The van der Waals surface area contributed by atoms with Crippen molar-refractivity contribution >= 4 is 76.6 Å². The number of amides is 12. The van der Waals surface area contributed by atoms with Crippen LogP contribution in [0.3, 0.4) is 0 Å². The summed E-state index contributed by atoms with van der Waals surface area (Å²) in [5, 5.41) is 22.5. The largest absolute Gasteiger partial charge is 0.399 e. The number of nitrogens with one attached hydrogen (secondary N) is 9. The molecule has 69 heavy (non-hydrogen) atoms. The summed E-state index contributed by atoms with van der Waals surface area (Å²) in [4.78, 5) is 156. The normalized spacial score (nSPS) is 20.8. The molecule has 25 nitrogen and oxygen atoms in total. The number of hydrogen-bond acceptors (Lipinski definition) is 13. The lowest BCUT2D eigenvalue weighted by Crippen LogP contribution is -2.61. The molecule has 1 heterocycles. The van der Waals surface area contributed by atoms with Crippen LogP contribution in [-0.2, 0) is 64.0 Å². The molecule has 0 bridgehead atoms. The molecule has 1 fully saturated rings. The third-order valence-electron chi connectivity index (χ3n) is 10.9. The molecule has 0 spiro atoms. The Balaban J connectivity index is 2.41. The minimum atomic E-state index is -1.75. The fraction of sp³-hybridized carbons (Fsp3) is 0.591. The van der Waals surface area contributed by atoms with Crippen LogP contribution in [0.1, 0.15) is 97.5 Å². The Hall–Kier alpha value is -7.34. The first-order valence-corrected chi connectivity index (χ1v) is 22.8. The number of benzene rings is 1. The maximum absolute atomic E-state index is 14.0. The lowest BCUT2D eigenvalue weighted by molar-refractivity contribution is -0.136. The molecule has 0 saturated carbocycles. The van der Waals surface area contributed by atoms with Gasteiger partial charge in [0.05, 0.1) is 19.5 Å². The smallest absolute Gasteiger partial charge is 0.243 e. The Kier molecular flexibility index (Phi) is 24.6. The van der Waals surface area contributed by atoms with E-state index in [9.17, 15) is 57.5 Å². The Labute approximate surface area is 400 Å². The Morgan fingerprint density at radius 1 is 0.710 bits per heavy atom. The Bertz CT molecular complexity index is 2020. The average molecular weight is 972 g/mol. The summed E-state index contributed by atoms with van der Waals surface area (Å²) in [5.41, 5.74) is 22.8. The summed E-state index contributed by atoms with van der Waals surface area (Å²) in [6, 6.07) is -1.92. The molecule has 0 aliphatic carbocycles. The second-order valence-corrected chi connectivity index (χ2v) is 17.3. The Morgan fingerprint density at radius 2 is 1.35 bits per heavy atom. The van der Waals surface area contributed by atoms with Gasteiger partial charge >= 0.3 is 0 Å². The van der Waals surface area contributed by atoms with E-state index in [4.69, 9.17) is 22.9 Å². The van der Waals surface area contributed by atoms with Gasteiger partial charge in [-0.05, 0) is 61.6 Å². The van der Waals surface area contributed by atoms with Gasteiger partial charge in [0.25, 0.3) is 0 Å². The van der Waals surface area contributed by atoms with E-state index >= 15 is 0 Å². The summed E-state index contributed by atoms with van der Waals surface area (Å²) in [5.74, 6) is -10.5. The van der Waals surface area contributed by atoms with E-state index in [0.717, 1.165) is 0 Å². The second-order valence-electron chi connectivity index (χ2n) is 17.3. The maximum Gasteiger partial charge on any atom is 0.243 e. The SMILES string of the molecule is CC[C@H](C)[C@@H]1NC(=O)[C@H](Cc2ccc(N)cc2)NC(=O)CNC(=O)CC[C@@H](C(=O)NCCCCC(=O)N[C@@H](CC(C)C)C(=O)NCC(N)=O)NC(=O)[C@H](CC(N)=O)NC(=O)[C@H](CCC(N)=O)NC1=O. The molecule has 12 amide bonds. The van der Waals surface area contributed by atoms with Crippen molar-refractivity contribution < 1.29 is 57.5 Å². The van der Waals surface area contributed by atoms with Crippen molar-refractivity contribution in [2.24, 2.45) is 29.0 Å². The number of carbonyl (C=O) groups excluding carboxylic acids is 12. The number of carbonyl (C=O) groups is 12. The van der Waals surface area contributed by atoms with Gasteiger partial charge in [-0.1, -0.05) is 46.2 Å². The van der Waals surface area contributed by atoms with Gasteiger partial charge < -0.3 is 70.8 Å². The van der Waals surface area contributed by atoms with Crippen molar-refractivity contribution in [1.82, 2.24) is 47.9 Å². The maximum atomic E-state index is 14.0. The Morgan fingerprint density at radius 3 is 1.96 bits per heavy atom. The summed E-state index contributed by atoms with van der Waals surface area (Å²) >= 11 is 0. The molecule has 2 rings (SSSR count). The van der Waals surface area contributed by atoms with Gasteiger partial charge in [-0.3, -0.25) is 57.5 Å². The van der Waals surface area contributed by atoms with Crippen molar-refractivity contribution in [3.05, 3.63) is 29.8 Å². The van der Waals surface area contributed by atoms with E-state index in [2.05, 4.69) is 47.9 Å². The third kappa shape index (κ3) is 22.3. The number of nitrogen functional groups attached to an aromatic ring is 1. The van der Waals surface area contributed by atoms with Crippen LogP contribution in [0.5, 0.6) is 0 Å². The van der Waals surface area contributed by atoms with Crippen LogP contribution in [0.4, 0.5) is 5.69 Å². The quantitative estimate of drug-likeness (QED) is 0.0411. The van der Waals surface area contributed by atoms with Crippen molar-refractivity contribution in [1.29, 1.82) is 0 Å². The molecule has 0 radical (unpaired) electrons. The highest BCUT2D eigenvalue weighted by Gasteiger charge is 2.35. The highest BCUT2D eigenvalue weighted by Crippen LogP contribution is 2.14. The molecular weight excluding hydrogens is 903 g/mol. The van der Waals surface area contributed by atoms with Crippen molar-refractivity contribution in [3.63, 3.8) is 0 Å². The minimum Gasteiger partial charge on any atom is -0.399 e. The van der Waals surface area contributed by atoms with Crippen molar-refractivity contribution in [3.8, 4) is 0 Å². The van der Waals surface area contributed by atoms with Gasteiger partial charge in [-0.2, -0.15) is 0 Å². The second kappa shape index (κ2) is 29.4. The monoisotopic (exact) mass is 972 g/mol. The number of unbranched alkanes of at least 4 members (excludes halogenated alkanes) is 1. The summed E-state index contributed by atoms with van der Waals surface area (Å²) in [6.07, 6.45) is -1.49. The van der Waals surface area contributed by atoms with Crippen LogP contribution in [0.15, 0.2) is 24.3 Å². The highest BCUT2D eigenvalue weighted by atomic mass is 16.2. The van der Waals surface area contributed by atoms with Crippen LogP contribution >= 0.6 is 0 Å². The van der Waals surface area contributed by atoms with Crippen LogP contribution < -0.4 is 70.8 Å². The standard InChI is InChI=1S/C44H69N13O12/c1-5-24(4)38-44(69)55-28(13-15-32(46)58)41(66)56-31(20-33(47)59)42(67)54-27(39(64)49-17-7-6-8-36(62)52-29(18-23(2)3)40(65)51-21-34(48)60)14-16-35(61)50-22-37(63)53-30(43(68)57-38)19-25-9-11-26(45)12-10-25/h9-12,23-24,27-31,38H,5-8,13-22,45H2,1-4H3,(H2,46,58)(H2,47,59)(H2,48,60)(H,49,64)(H,50,61)(H,51,65)(H,52,62)(H,53,63)(H,54,67)(H,55,69)(H,56,66)(H,57,68)/t24-,27-,28-,29-,30-,31-,38-/m0/s1. The van der Waals surface area contributed by atoms with E-state index in [0.29, 0.717) is 17.7 Å². The molecule has 1 aromatic carbocycles. The van der Waals surface area contributed by atoms with E-state index in [-0.39, 0.29) is 57.4 Å². The van der Waals surface area contributed by atoms with E-state index < -0.39 is 145 Å². The van der Waals surface area contributed by atoms with Gasteiger partial charge in [-0.25, -0.2) is 0 Å². The topological polar surface area (TPSA) is 417 Å². The highest BCUT2D eigenvalue weighted by molar-refractivity contribution is 5.98. The van der Waals surface area contributed by atoms with Gasteiger partial charge in [0.1, 0.15) is 36.3 Å². The van der Waals surface area contributed by atoms with Gasteiger partial charge in [0.2, 0.25) is 70.9 Å². The van der Waals surface area contributed by atoms with E-state index in [1.54, 1.807) is 38.1 Å². The first kappa shape index (κ1) is 57.8. The molecule has 0 unspecified atom stereocenters. The summed E-state index contributed by atoms with van der Waals surface area (Å²) in [6.45, 7) is 6.01. The van der Waals surface area contributed by atoms with Crippen molar-refractivity contribution in [2.45, 2.75) is 135 Å². The van der Waals surface area contributed by atoms with E-state index in [1.807, 2.05) is 13.8 Å². The van der Waals surface area contributed by atoms with Gasteiger partial charge in [0.15, 0.2) is 0 Å². The zero-order valence-electron chi connectivity index (χ0n) is 39.5. The van der Waals surface area contributed by atoms with Gasteiger partial charge in [-0.15, -0.1) is 0 Å². The average Bonchev–Trinajstić information content (AvgIpc) is 3.27. The molecule has 1 saturated heterocycles. The molecule has 7 atom stereocenters. The van der Waals surface area contributed by atoms with E-state index in [1.165, 1.54) is 0 Å². The fourth-order valence-corrected chi connectivity index (χ4v) is 6.90. The third-order valence-corrected chi connectivity index (χ3v) is 10.9. The van der Waals surface area contributed by atoms with Crippen LogP contribution in [0.25, 0.3) is 0 Å². The summed E-state index contributed by atoms with van der Waals surface area (Å²) < 4.78 is 0. The molecule has 382 valence electrons. The van der Waals surface area contributed by atoms with Crippen LogP contribution in [-0.4, -0.2) is 127 Å². The van der Waals surface area contributed by atoms with Gasteiger partial charge in [0, 0.05) is 37.9 Å². The molecule has 17 N–H and O–H groups in total. The number of hydrogen-bond donors (Lipinski definition) is 13. The zero-order chi connectivity index (χ0) is 51.8. The number of nitrogens with two attached hydrogens (primary N) is 4. The molecule has 0 aromatic heterocycles. The molecular formula is C44H69N13O12. The number of primary amides is 3. The molecule has 1 aliphatic rings. The predicted molar refractivity (Wildman–Crippen MR) is 249 cm³/mol. The lowest BCUT2D eigenvalue weighted by Gasteiger charge is -2.29. The first-order valence-electron chi connectivity index (χ1n) is 22.8. The first-order chi connectivity index (χ1) is 32.5. The van der Waals surface area contributed by atoms with Crippen molar-refractivity contribution in [2.75, 3.05) is 25.4 Å². The number of rotatable bonds is 21. The lowest BCUT2D eigenvalue weighted by atomic mass is 9.96. The number of anilines is 1. The minimum absolute atomic E-state index is 0.0136. The predicted octanol–water partition coefficient (Wildman–Crippen LogP) is -4.25.